The van der Waals surface area contributed by atoms with Gasteiger partial charge >= 0.3 is 12.1 Å². The molecule has 2 atom stereocenters. The highest BCUT2D eigenvalue weighted by molar-refractivity contribution is 8.00. The van der Waals surface area contributed by atoms with E-state index >= 15 is 0 Å². The third-order valence-electron chi connectivity index (χ3n) is 4.40. The number of ether oxygens (including phenoxy) is 1. The average Bonchev–Trinajstić information content (AvgIpc) is 2.75. The smallest absolute Gasteiger partial charge is 0.407 e. The van der Waals surface area contributed by atoms with E-state index < -0.39 is 35.3 Å². The minimum Gasteiger partial charge on any atom is -0.477 e. The Bertz CT molecular complexity index is 974. The number of fused-ring (bicyclic) bond motifs is 1. The van der Waals surface area contributed by atoms with Gasteiger partial charge < -0.3 is 20.5 Å². The van der Waals surface area contributed by atoms with Crippen LogP contribution in [0.4, 0.5) is 4.79 Å². The van der Waals surface area contributed by atoms with Gasteiger partial charge in [0, 0.05) is 28.3 Å². The van der Waals surface area contributed by atoms with E-state index in [-0.39, 0.29) is 23.8 Å². The fourth-order valence-electron chi connectivity index (χ4n) is 2.97. The van der Waals surface area contributed by atoms with Crippen LogP contribution in [0.5, 0.6) is 0 Å². The first-order chi connectivity index (χ1) is 14.7. The number of rotatable bonds is 7. The summed E-state index contributed by atoms with van der Waals surface area (Å²) in [5.41, 5.74) is 0.0878. The predicted molar refractivity (Wildman–Crippen MR) is 117 cm³/mol. The van der Waals surface area contributed by atoms with Crippen LogP contribution < -0.4 is 10.6 Å². The zero-order valence-corrected chi connectivity index (χ0v) is 19.2. The summed E-state index contributed by atoms with van der Waals surface area (Å²) in [5.74, 6) is -1.98. The van der Waals surface area contributed by atoms with Crippen LogP contribution in [0.3, 0.4) is 0 Å². The number of thioether (sulfide) groups is 2. The largest absolute Gasteiger partial charge is 0.477 e. The molecule has 13 heteroatoms. The lowest BCUT2D eigenvalue weighted by Crippen LogP contribution is -2.70. The van der Waals surface area contributed by atoms with Crippen LogP contribution in [-0.4, -0.2) is 70.5 Å². The number of alkyl carbamates (subject to hydrolysis) is 1. The molecule has 1 aromatic carbocycles. The molecule has 0 radical (unpaired) electrons. The molecule has 2 aliphatic rings. The highest BCUT2D eigenvalue weighted by Crippen LogP contribution is 2.40. The van der Waals surface area contributed by atoms with Gasteiger partial charge in [0.1, 0.15) is 23.7 Å². The number of aliphatic carboxylic acids is 1. The zero-order chi connectivity index (χ0) is 22.7. The molecule has 31 heavy (non-hydrogen) atoms. The Morgan fingerprint density at radius 3 is 2.77 bits per heavy atom. The van der Waals surface area contributed by atoms with Gasteiger partial charge in [-0.05, 0) is 18.2 Å². The molecule has 3 rings (SSSR count). The average molecular weight is 506 g/mol. The molecule has 1 aromatic rings. The maximum absolute atomic E-state index is 12.6. The molecule has 0 aromatic heterocycles. The first-order valence-electron chi connectivity index (χ1n) is 8.84. The molecule has 3 N–H and O–H groups in total. The first kappa shape index (κ1) is 23.6. The monoisotopic (exact) mass is 505 g/mol. The number of halogens is 2. The Morgan fingerprint density at radius 1 is 1.35 bits per heavy atom. The zero-order valence-electron chi connectivity index (χ0n) is 16.0. The van der Waals surface area contributed by atoms with Gasteiger partial charge in [0.05, 0.1) is 10.8 Å². The Morgan fingerprint density at radius 2 is 2.10 bits per heavy atom. The number of hydrogen-bond acceptors (Lipinski definition) is 7. The van der Waals surface area contributed by atoms with E-state index in [0.29, 0.717) is 20.5 Å². The second-order valence-corrected chi connectivity index (χ2v) is 9.37. The lowest BCUT2D eigenvalue weighted by molar-refractivity contribution is -0.150. The summed E-state index contributed by atoms with van der Waals surface area (Å²) in [4.78, 5) is 49.7. The number of nitrogens with zero attached hydrogens (tertiary/aromatic N) is 1. The van der Waals surface area contributed by atoms with Crippen LogP contribution in [0, 0.1) is 0 Å². The Labute approximate surface area is 195 Å². The van der Waals surface area contributed by atoms with Crippen molar-refractivity contribution in [2.24, 2.45) is 0 Å². The summed E-state index contributed by atoms with van der Waals surface area (Å²) in [6.45, 7) is -0.251. The molecule has 9 nitrogen and oxygen atoms in total. The molecule has 0 spiro atoms. The van der Waals surface area contributed by atoms with Crippen molar-refractivity contribution in [1.29, 1.82) is 0 Å². The van der Waals surface area contributed by atoms with Crippen LogP contribution >= 0.6 is 46.7 Å². The Hall–Kier alpha value is -2.08. The number of carbonyl (C=O) groups excluding carboxylic acids is 3. The number of amides is 3. The number of hydrogen-bond donors (Lipinski definition) is 3. The number of β-lactam (4-membered cyclic amide) rings is 1. The second-order valence-electron chi connectivity index (χ2n) is 6.40. The van der Waals surface area contributed by atoms with E-state index in [1.807, 2.05) is 0 Å². The third-order valence-corrected chi connectivity index (χ3v) is 7.47. The van der Waals surface area contributed by atoms with E-state index in [0.717, 1.165) is 4.90 Å². The highest BCUT2D eigenvalue weighted by atomic mass is 35.5. The normalized spacial score (nSPS) is 20.0. The number of carboxylic acid groups (broad SMARTS) is 1. The standard InChI is InChI=1S/C18H17Cl2N3O6S2/c1-21-18(28)29-5-8-6-31-16-13(15(25)23(16)14(8)17(26)27)22-12(24)7-30-11-4-9(19)2-3-10(11)20/h2-4,13,16H,5-7H2,1H3,(H,21,28)(H,22,24)(H,26,27)/t13?,16-/m0/s1. The fraction of sp³-hybridized carbons (Fsp3) is 0.333. The highest BCUT2D eigenvalue weighted by Gasteiger charge is 2.54. The lowest BCUT2D eigenvalue weighted by atomic mass is 10.0. The van der Waals surface area contributed by atoms with Crippen molar-refractivity contribution in [2.75, 3.05) is 25.2 Å². The maximum atomic E-state index is 12.6. The maximum Gasteiger partial charge on any atom is 0.407 e. The molecule has 1 saturated heterocycles. The van der Waals surface area contributed by atoms with Crippen molar-refractivity contribution in [3.05, 3.63) is 39.5 Å². The molecule has 0 saturated carbocycles. The van der Waals surface area contributed by atoms with Crippen molar-refractivity contribution in [2.45, 2.75) is 16.3 Å². The van der Waals surface area contributed by atoms with Crippen LogP contribution in [0.25, 0.3) is 0 Å². The number of nitrogens with one attached hydrogen (secondary N) is 2. The molecule has 3 amide bonds. The van der Waals surface area contributed by atoms with Gasteiger partial charge in [-0.2, -0.15) is 0 Å². The molecule has 0 aliphatic carbocycles. The molecular formula is C18H17Cl2N3O6S2. The van der Waals surface area contributed by atoms with E-state index in [4.69, 9.17) is 27.9 Å². The van der Waals surface area contributed by atoms with E-state index in [2.05, 4.69) is 10.6 Å². The van der Waals surface area contributed by atoms with Gasteiger partial charge in [-0.25, -0.2) is 9.59 Å². The summed E-state index contributed by atoms with van der Waals surface area (Å²) >= 11 is 14.5. The molecular weight excluding hydrogens is 489 g/mol. The Balaban J connectivity index is 1.62. The van der Waals surface area contributed by atoms with Crippen LogP contribution in [-0.2, 0) is 19.1 Å². The summed E-state index contributed by atoms with van der Waals surface area (Å²) in [5, 5.41) is 14.9. The third kappa shape index (κ3) is 5.22. The van der Waals surface area contributed by atoms with Gasteiger partial charge in [0.15, 0.2) is 0 Å². The lowest BCUT2D eigenvalue weighted by Gasteiger charge is -2.49. The molecule has 2 heterocycles. The summed E-state index contributed by atoms with van der Waals surface area (Å²) in [6.07, 6.45) is -0.707. The van der Waals surface area contributed by atoms with Crippen molar-refractivity contribution in [3.63, 3.8) is 0 Å². The SMILES string of the molecule is CNC(=O)OCC1=C(C(=O)O)N2C(=O)C(NC(=O)CSc3cc(Cl)ccc3Cl)[C@@H]2SC1. The van der Waals surface area contributed by atoms with E-state index in [1.165, 1.54) is 30.6 Å². The number of carboxylic acids is 1. The van der Waals surface area contributed by atoms with Crippen LogP contribution in [0.1, 0.15) is 0 Å². The van der Waals surface area contributed by atoms with Crippen molar-refractivity contribution in [1.82, 2.24) is 15.5 Å². The van der Waals surface area contributed by atoms with Crippen molar-refractivity contribution in [3.8, 4) is 0 Å². The topological polar surface area (TPSA) is 125 Å². The molecule has 166 valence electrons. The van der Waals surface area contributed by atoms with E-state index in [9.17, 15) is 24.3 Å². The quantitative estimate of drug-likeness (QED) is 0.380. The summed E-state index contributed by atoms with van der Waals surface area (Å²) in [6, 6.07) is 4.06. The number of carbonyl (C=O) groups is 4. The fourth-order valence-corrected chi connectivity index (χ4v) is 5.60. The predicted octanol–water partition coefficient (Wildman–Crippen LogP) is 2.18. The second kappa shape index (κ2) is 10.0. The van der Waals surface area contributed by atoms with Gasteiger partial charge in [-0.15, -0.1) is 23.5 Å². The summed E-state index contributed by atoms with van der Waals surface area (Å²) < 4.78 is 4.92. The van der Waals surface area contributed by atoms with Crippen molar-refractivity contribution < 1.29 is 29.0 Å². The Kier molecular flexibility index (Phi) is 7.63. The van der Waals surface area contributed by atoms with Gasteiger partial charge in [0.2, 0.25) is 5.91 Å². The van der Waals surface area contributed by atoms with Gasteiger partial charge in [0.25, 0.3) is 5.91 Å². The first-order valence-corrected chi connectivity index (χ1v) is 11.6. The minimum atomic E-state index is -1.30. The number of benzene rings is 1. The minimum absolute atomic E-state index is 0.00801. The molecule has 2 aliphatic heterocycles. The van der Waals surface area contributed by atoms with Crippen LogP contribution in [0.15, 0.2) is 34.4 Å². The molecule has 0 bridgehead atoms. The summed E-state index contributed by atoms with van der Waals surface area (Å²) in [7, 11) is 1.38. The van der Waals surface area contributed by atoms with Gasteiger partial charge in [-0.3, -0.25) is 14.5 Å². The van der Waals surface area contributed by atoms with Crippen LogP contribution in [0.2, 0.25) is 10.0 Å². The molecule has 1 fully saturated rings. The van der Waals surface area contributed by atoms with Crippen molar-refractivity contribution >= 4 is 70.6 Å². The molecule has 1 unspecified atom stereocenters. The van der Waals surface area contributed by atoms with E-state index in [1.54, 1.807) is 18.2 Å². The van der Waals surface area contributed by atoms with Gasteiger partial charge in [-0.1, -0.05) is 23.2 Å².